The number of aliphatic hydroxyl groups is 2. The molecule has 132 valence electrons. The van der Waals surface area contributed by atoms with Gasteiger partial charge in [0, 0.05) is 19.7 Å². The number of hydrogen-bond donors (Lipinski definition) is 2. The monoisotopic (exact) mass is 333 g/mol. The van der Waals surface area contributed by atoms with Gasteiger partial charge in [-0.1, -0.05) is 13.8 Å². The van der Waals surface area contributed by atoms with E-state index in [4.69, 9.17) is 0 Å². The van der Waals surface area contributed by atoms with Crippen LogP contribution in [0.4, 0.5) is 5.82 Å². The van der Waals surface area contributed by atoms with Gasteiger partial charge in [-0.25, -0.2) is 15.0 Å². The minimum absolute atomic E-state index is 0.0194. The van der Waals surface area contributed by atoms with E-state index in [1.165, 1.54) is 12.8 Å². The smallest absolute Gasteiger partial charge is 0.165 e. The molecule has 0 amide bonds. The van der Waals surface area contributed by atoms with Gasteiger partial charge in [-0.3, -0.25) is 0 Å². The van der Waals surface area contributed by atoms with Gasteiger partial charge >= 0.3 is 0 Å². The third-order valence-corrected chi connectivity index (χ3v) is 5.19. The highest BCUT2D eigenvalue weighted by Gasteiger charge is 2.25. The third kappa shape index (κ3) is 3.23. The molecule has 2 aromatic heterocycles. The predicted octanol–water partition coefficient (Wildman–Crippen LogP) is 1.61. The van der Waals surface area contributed by atoms with Crippen LogP contribution in [-0.4, -0.2) is 56.0 Å². The standard InChI is InChI=1S/C17H27N5O2/c1-12(2)13-3-6-21(7-4-13)16-15-17(19-10-18-16)22(11-20-15)14(9-24)5-8-23/h10-14,23-24H,3-9H2,1-2H3. The van der Waals surface area contributed by atoms with Crippen molar-refractivity contribution in [2.24, 2.45) is 11.8 Å². The molecule has 0 radical (unpaired) electrons. The lowest BCUT2D eigenvalue weighted by molar-refractivity contribution is 0.188. The molecule has 3 rings (SSSR count). The minimum atomic E-state index is -0.213. The first-order valence-electron chi connectivity index (χ1n) is 8.79. The summed E-state index contributed by atoms with van der Waals surface area (Å²) in [5.74, 6) is 2.38. The van der Waals surface area contributed by atoms with Crippen LogP contribution >= 0.6 is 0 Å². The third-order valence-electron chi connectivity index (χ3n) is 5.19. The maximum Gasteiger partial charge on any atom is 0.165 e. The Balaban J connectivity index is 1.87. The maximum atomic E-state index is 9.57. The predicted molar refractivity (Wildman–Crippen MR) is 92.9 cm³/mol. The van der Waals surface area contributed by atoms with Crippen LogP contribution in [-0.2, 0) is 0 Å². The van der Waals surface area contributed by atoms with Crippen molar-refractivity contribution < 1.29 is 10.2 Å². The van der Waals surface area contributed by atoms with E-state index in [1.807, 2.05) is 4.57 Å². The first-order valence-corrected chi connectivity index (χ1v) is 8.79. The van der Waals surface area contributed by atoms with Gasteiger partial charge in [-0.15, -0.1) is 0 Å². The van der Waals surface area contributed by atoms with Gasteiger partial charge in [0.05, 0.1) is 19.0 Å². The van der Waals surface area contributed by atoms with E-state index in [2.05, 4.69) is 33.7 Å². The quantitative estimate of drug-likeness (QED) is 0.835. The zero-order valence-corrected chi connectivity index (χ0v) is 14.5. The van der Waals surface area contributed by atoms with E-state index in [0.717, 1.165) is 41.9 Å². The van der Waals surface area contributed by atoms with Crippen LogP contribution in [0.15, 0.2) is 12.7 Å². The van der Waals surface area contributed by atoms with E-state index < -0.39 is 0 Å². The molecule has 24 heavy (non-hydrogen) atoms. The number of piperidine rings is 1. The highest BCUT2D eigenvalue weighted by atomic mass is 16.3. The number of anilines is 1. The number of aliphatic hydroxyl groups excluding tert-OH is 2. The summed E-state index contributed by atoms with van der Waals surface area (Å²) in [6, 6.07) is -0.213. The highest BCUT2D eigenvalue weighted by Crippen LogP contribution is 2.30. The Hall–Kier alpha value is -1.73. The molecule has 0 saturated carbocycles. The molecule has 3 heterocycles. The summed E-state index contributed by atoms with van der Waals surface area (Å²) in [6.07, 6.45) is 6.08. The van der Waals surface area contributed by atoms with Gasteiger partial charge < -0.3 is 19.7 Å². The van der Waals surface area contributed by atoms with Gasteiger partial charge in [0.2, 0.25) is 0 Å². The molecule has 1 unspecified atom stereocenters. The molecular weight excluding hydrogens is 306 g/mol. The van der Waals surface area contributed by atoms with Crippen molar-refractivity contribution in [2.75, 3.05) is 31.2 Å². The van der Waals surface area contributed by atoms with Gasteiger partial charge in [-0.2, -0.15) is 0 Å². The largest absolute Gasteiger partial charge is 0.396 e. The van der Waals surface area contributed by atoms with E-state index in [-0.39, 0.29) is 19.3 Å². The normalized spacial score (nSPS) is 17.8. The number of rotatable bonds is 6. The molecule has 1 aliphatic heterocycles. The fourth-order valence-electron chi connectivity index (χ4n) is 3.58. The SMILES string of the molecule is CC(C)C1CCN(c2ncnc3c2ncn3C(CO)CCO)CC1. The summed E-state index contributed by atoms with van der Waals surface area (Å²) in [4.78, 5) is 15.6. The number of fused-ring (bicyclic) bond motifs is 1. The molecule has 0 aromatic carbocycles. The molecule has 1 fully saturated rings. The van der Waals surface area contributed by atoms with Gasteiger partial charge in [0.15, 0.2) is 17.0 Å². The zero-order chi connectivity index (χ0) is 17.1. The number of nitrogens with zero attached hydrogens (tertiary/aromatic N) is 5. The van der Waals surface area contributed by atoms with Crippen LogP contribution in [0, 0.1) is 11.8 Å². The number of imidazole rings is 1. The van der Waals surface area contributed by atoms with Crippen LogP contribution in [0.5, 0.6) is 0 Å². The van der Waals surface area contributed by atoms with Crippen molar-refractivity contribution in [1.82, 2.24) is 19.5 Å². The zero-order valence-electron chi connectivity index (χ0n) is 14.5. The Morgan fingerprint density at radius 1 is 1.17 bits per heavy atom. The van der Waals surface area contributed by atoms with Crippen molar-refractivity contribution in [2.45, 2.75) is 39.2 Å². The van der Waals surface area contributed by atoms with Crippen molar-refractivity contribution in [3.63, 3.8) is 0 Å². The van der Waals surface area contributed by atoms with Crippen molar-refractivity contribution in [1.29, 1.82) is 0 Å². The molecule has 7 nitrogen and oxygen atoms in total. The second-order valence-electron chi connectivity index (χ2n) is 6.94. The average molecular weight is 333 g/mol. The number of aromatic nitrogens is 4. The molecule has 1 aliphatic rings. The Bertz CT molecular complexity index is 664. The van der Waals surface area contributed by atoms with Crippen LogP contribution < -0.4 is 4.90 Å². The minimum Gasteiger partial charge on any atom is -0.396 e. The first-order chi connectivity index (χ1) is 11.7. The molecule has 7 heteroatoms. The molecule has 1 saturated heterocycles. The molecule has 0 spiro atoms. The summed E-state index contributed by atoms with van der Waals surface area (Å²) in [5.41, 5.74) is 1.50. The Kier molecular flexibility index (Phi) is 5.30. The molecule has 0 bridgehead atoms. The summed E-state index contributed by atoms with van der Waals surface area (Å²) < 4.78 is 1.84. The van der Waals surface area contributed by atoms with E-state index in [1.54, 1.807) is 12.7 Å². The lowest BCUT2D eigenvalue weighted by Gasteiger charge is -2.34. The highest BCUT2D eigenvalue weighted by molar-refractivity contribution is 5.83. The van der Waals surface area contributed by atoms with E-state index in [9.17, 15) is 10.2 Å². The Labute approximate surface area is 142 Å². The van der Waals surface area contributed by atoms with E-state index in [0.29, 0.717) is 6.42 Å². The maximum absolute atomic E-state index is 9.57. The Morgan fingerprint density at radius 2 is 1.92 bits per heavy atom. The van der Waals surface area contributed by atoms with E-state index >= 15 is 0 Å². The summed E-state index contributed by atoms with van der Waals surface area (Å²) in [7, 11) is 0. The summed E-state index contributed by atoms with van der Waals surface area (Å²) >= 11 is 0. The summed E-state index contributed by atoms with van der Waals surface area (Å²) in [5, 5.41) is 18.8. The number of hydrogen-bond acceptors (Lipinski definition) is 6. The molecule has 2 N–H and O–H groups in total. The molecule has 0 aliphatic carbocycles. The van der Waals surface area contributed by atoms with Crippen molar-refractivity contribution in [3.05, 3.63) is 12.7 Å². The molecule has 1 atom stereocenters. The van der Waals surface area contributed by atoms with Crippen molar-refractivity contribution >= 4 is 17.0 Å². The Morgan fingerprint density at radius 3 is 2.54 bits per heavy atom. The average Bonchev–Trinajstić information content (AvgIpc) is 3.03. The molecular formula is C17H27N5O2. The van der Waals surface area contributed by atoms with Gasteiger partial charge in [-0.05, 0) is 31.1 Å². The summed E-state index contributed by atoms with van der Waals surface area (Å²) in [6.45, 7) is 6.53. The lowest BCUT2D eigenvalue weighted by Crippen LogP contribution is -2.35. The topological polar surface area (TPSA) is 87.3 Å². The van der Waals surface area contributed by atoms with Crippen LogP contribution in [0.1, 0.15) is 39.2 Å². The second-order valence-corrected chi connectivity index (χ2v) is 6.94. The van der Waals surface area contributed by atoms with Crippen LogP contribution in [0.2, 0.25) is 0 Å². The van der Waals surface area contributed by atoms with Crippen LogP contribution in [0.3, 0.4) is 0 Å². The first kappa shape index (κ1) is 17.1. The van der Waals surface area contributed by atoms with Gasteiger partial charge in [0.25, 0.3) is 0 Å². The fraction of sp³-hybridized carbons (Fsp3) is 0.706. The second kappa shape index (κ2) is 7.44. The van der Waals surface area contributed by atoms with Crippen LogP contribution in [0.25, 0.3) is 11.2 Å². The fourth-order valence-corrected chi connectivity index (χ4v) is 3.58. The van der Waals surface area contributed by atoms with Gasteiger partial charge in [0.1, 0.15) is 6.33 Å². The van der Waals surface area contributed by atoms with Crippen molar-refractivity contribution in [3.8, 4) is 0 Å². The molecule has 2 aromatic rings. The lowest BCUT2D eigenvalue weighted by atomic mass is 9.87.